The molecular weight excluding hydrogens is 228 g/mol. The number of nitrogens with two attached hydrogens (primary N) is 1. The van der Waals surface area contributed by atoms with Crippen LogP contribution in [0.15, 0.2) is 30.3 Å². The Labute approximate surface area is 108 Å². The highest BCUT2D eigenvalue weighted by Crippen LogP contribution is 2.20. The summed E-state index contributed by atoms with van der Waals surface area (Å²) in [5, 5.41) is 1.42. The minimum absolute atomic E-state index is 0.00998. The molecule has 0 spiro atoms. The molecule has 0 bridgehead atoms. The SMILES string of the molecule is CC(c1ccccc1)C(N)C(=O)N1CCCCO1. The molecule has 4 nitrogen and oxygen atoms in total. The van der Waals surface area contributed by atoms with Gasteiger partial charge in [-0.05, 0) is 18.4 Å². The number of amides is 1. The molecule has 0 radical (unpaired) electrons. The first kappa shape index (κ1) is 13.1. The van der Waals surface area contributed by atoms with Crippen molar-refractivity contribution >= 4 is 5.91 Å². The molecule has 2 atom stereocenters. The monoisotopic (exact) mass is 248 g/mol. The third-order valence-corrected chi connectivity index (χ3v) is 3.40. The van der Waals surface area contributed by atoms with E-state index in [1.807, 2.05) is 37.3 Å². The molecule has 0 saturated carbocycles. The summed E-state index contributed by atoms with van der Waals surface area (Å²) in [5.41, 5.74) is 7.13. The van der Waals surface area contributed by atoms with E-state index in [0.29, 0.717) is 13.2 Å². The quantitative estimate of drug-likeness (QED) is 0.885. The fraction of sp³-hybridized carbons (Fsp3) is 0.500. The zero-order valence-corrected chi connectivity index (χ0v) is 10.7. The van der Waals surface area contributed by atoms with Crippen molar-refractivity contribution in [1.82, 2.24) is 5.06 Å². The van der Waals surface area contributed by atoms with Crippen LogP contribution in [0, 0.1) is 0 Å². The van der Waals surface area contributed by atoms with Gasteiger partial charge < -0.3 is 5.73 Å². The van der Waals surface area contributed by atoms with Crippen LogP contribution in [0.3, 0.4) is 0 Å². The lowest BCUT2D eigenvalue weighted by atomic mass is 9.93. The van der Waals surface area contributed by atoms with Crippen LogP contribution >= 0.6 is 0 Å². The number of hydroxylamine groups is 2. The number of benzene rings is 1. The molecule has 18 heavy (non-hydrogen) atoms. The van der Waals surface area contributed by atoms with Crippen molar-refractivity contribution in [1.29, 1.82) is 0 Å². The molecule has 1 saturated heterocycles. The standard InChI is InChI=1S/C14H20N2O2/c1-11(12-7-3-2-4-8-12)13(15)14(17)16-9-5-6-10-18-16/h2-4,7-8,11,13H,5-6,9-10,15H2,1H3. The third kappa shape index (κ3) is 2.89. The number of carbonyl (C=O) groups is 1. The highest BCUT2D eigenvalue weighted by atomic mass is 16.7. The maximum Gasteiger partial charge on any atom is 0.263 e. The van der Waals surface area contributed by atoms with Crippen LogP contribution in [0.4, 0.5) is 0 Å². The van der Waals surface area contributed by atoms with Crippen LogP contribution < -0.4 is 5.73 Å². The van der Waals surface area contributed by atoms with Gasteiger partial charge in [-0.3, -0.25) is 9.63 Å². The summed E-state index contributed by atoms with van der Waals surface area (Å²) in [6.07, 6.45) is 1.99. The molecule has 1 fully saturated rings. The molecule has 1 aliphatic rings. The third-order valence-electron chi connectivity index (χ3n) is 3.40. The summed E-state index contributed by atoms with van der Waals surface area (Å²) in [7, 11) is 0. The van der Waals surface area contributed by atoms with Gasteiger partial charge in [-0.25, -0.2) is 5.06 Å². The van der Waals surface area contributed by atoms with Crippen molar-refractivity contribution in [3.63, 3.8) is 0 Å². The Morgan fingerprint density at radius 2 is 2.06 bits per heavy atom. The fourth-order valence-corrected chi connectivity index (χ4v) is 2.11. The second kappa shape index (κ2) is 5.98. The molecule has 2 rings (SSSR count). The summed E-state index contributed by atoms with van der Waals surface area (Å²) in [4.78, 5) is 17.5. The van der Waals surface area contributed by atoms with Gasteiger partial charge in [0.25, 0.3) is 5.91 Å². The first-order valence-electron chi connectivity index (χ1n) is 6.45. The minimum atomic E-state index is -0.550. The molecule has 4 heteroatoms. The topological polar surface area (TPSA) is 55.6 Å². The van der Waals surface area contributed by atoms with Crippen LogP contribution in [0.25, 0.3) is 0 Å². The molecule has 98 valence electrons. The van der Waals surface area contributed by atoms with E-state index in [-0.39, 0.29) is 11.8 Å². The lowest BCUT2D eigenvalue weighted by Crippen LogP contribution is -2.48. The van der Waals surface area contributed by atoms with Crippen molar-refractivity contribution < 1.29 is 9.63 Å². The molecule has 2 N–H and O–H groups in total. The zero-order chi connectivity index (χ0) is 13.0. The molecule has 0 aliphatic carbocycles. The molecule has 2 unspecified atom stereocenters. The van der Waals surface area contributed by atoms with E-state index in [1.54, 1.807) is 0 Å². The second-order valence-electron chi connectivity index (χ2n) is 4.71. The summed E-state index contributed by atoms with van der Waals surface area (Å²) in [6, 6.07) is 9.31. The van der Waals surface area contributed by atoms with E-state index in [1.165, 1.54) is 5.06 Å². The van der Waals surface area contributed by atoms with E-state index in [9.17, 15) is 4.79 Å². The Hall–Kier alpha value is -1.39. The van der Waals surface area contributed by atoms with E-state index >= 15 is 0 Å². The summed E-state index contributed by atoms with van der Waals surface area (Å²) < 4.78 is 0. The highest BCUT2D eigenvalue weighted by Gasteiger charge is 2.28. The van der Waals surface area contributed by atoms with Gasteiger partial charge in [0.05, 0.1) is 12.6 Å². The Morgan fingerprint density at radius 1 is 1.33 bits per heavy atom. The van der Waals surface area contributed by atoms with Gasteiger partial charge in [0.15, 0.2) is 0 Å². The summed E-state index contributed by atoms with van der Waals surface area (Å²) in [6.45, 7) is 3.23. The smallest absolute Gasteiger partial charge is 0.263 e. The van der Waals surface area contributed by atoms with Crippen LogP contribution in [0.2, 0.25) is 0 Å². The molecule has 0 aromatic heterocycles. The van der Waals surface area contributed by atoms with Crippen molar-refractivity contribution in [3.8, 4) is 0 Å². The molecule has 1 amide bonds. The zero-order valence-electron chi connectivity index (χ0n) is 10.7. The minimum Gasteiger partial charge on any atom is -0.319 e. The van der Waals surface area contributed by atoms with Crippen molar-refractivity contribution in [2.75, 3.05) is 13.2 Å². The van der Waals surface area contributed by atoms with Gasteiger partial charge in [-0.1, -0.05) is 37.3 Å². The molecular formula is C14H20N2O2. The van der Waals surface area contributed by atoms with Gasteiger partial charge in [0, 0.05) is 12.5 Å². The van der Waals surface area contributed by atoms with E-state index in [0.717, 1.165) is 18.4 Å². The largest absolute Gasteiger partial charge is 0.319 e. The fourth-order valence-electron chi connectivity index (χ4n) is 2.11. The lowest BCUT2D eigenvalue weighted by molar-refractivity contribution is -0.198. The van der Waals surface area contributed by atoms with Crippen LogP contribution in [-0.2, 0) is 9.63 Å². The Bertz CT molecular complexity index is 388. The number of nitrogens with zero attached hydrogens (tertiary/aromatic N) is 1. The van der Waals surface area contributed by atoms with Crippen molar-refractivity contribution in [3.05, 3.63) is 35.9 Å². The predicted octanol–water partition coefficient (Wildman–Crippen LogP) is 1.67. The van der Waals surface area contributed by atoms with E-state index < -0.39 is 6.04 Å². The van der Waals surface area contributed by atoms with Crippen LogP contribution in [0.1, 0.15) is 31.2 Å². The lowest BCUT2D eigenvalue weighted by Gasteiger charge is -2.30. The first-order chi connectivity index (χ1) is 8.70. The van der Waals surface area contributed by atoms with Gasteiger partial charge >= 0.3 is 0 Å². The molecule has 1 aliphatic heterocycles. The number of hydrogen-bond acceptors (Lipinski definition) is 3. The molecule has 1 aromatic rings. The van der Waals surface area contributed by atoms with Crippen LogP contribution in [0.5, 0.6) is 0 Å². The van der Waals surface area contributed by atoms with Gasteiger partial charge in [-0.2, -0.15) is 0 Å². The van der Waals surface area contributed by atoms with Gasteiger partial charge in [-0.15, -0.1) is 0 Å². The molecule has 1 aromatic carbocycles. The van der Waals surface area contributed by atoms with E-state index in [2.05, 4.69) is 0 Å². The van der Waals surface area contributed by atoms with Gasteiger partial charge in [0.1, 0.15) is 0 Å². The molecule has 1 heterocycles. The summed E-state index contributed by atoms with van der Waals surface area (Å²) in [5.74, 6) is -0.129. The van der Waals surface area contributed by atoms with Gasteiger partial charge in [0.2, 0.25) is 0 Å². The maximum atomic E-state index is 12.2. The number of rotatable bonds is 3. The predicted molar refractivity (Wildman–Crippen MR) is 69.7 cm³/mol. The number of carbonyl (C=O) groups excluding carboxylic acids is 1. The maximum absolute atomic E-state index is 12.2. The average molecular weight is 248 g/mol. The van der Waals surface area contributed by atoms with Crippen LogP contribution in [-0.4, -0.2) is 30.2 Å². The normalized spacial score (nSPS) is 19.3. The Morgan fingerprint density at radius 3 is 2.67 bits per heavy atom. The number of hydrogen-bond donors (Lipinski definition) is 1. The average Bonchev–Trinajstić information content (AvgIpc) is 2.47. The highest BCUT2D eigenvalue weighted by molar-refractivity contribution is 5.81. The first-order valence-corrected chi connectivity index (χ1v) is 6.45. The van der Waals surface area contributed by atoms with Crippen molar-refractivity contribution in [2.45, 2.75) is 31.7 Å². The van der Waals surface area contributed by atoms with Crippen molar-refractivity contribution in [2.24, 2.45) is 5.73 Å². The summed E-state index contributed by atoms with van der Waals surface area (Å²) >= 11 is 0. The second-order valence-corrected chi connectivity index (χ2v) is 4.71. The Balaban J connectivity index is 2.01. The Kier molecular flexibility index (Phi) is 4.33. The van der Waals surface area contributed by atoms with E-state index in [4.69, 9.17) is 10.6 Å².